The first-order valence-electron chi connectivity index (χ1n) is 4.94. The lowest BCUT2D eigenvalue weighted by Gasteiger charge is -2.02. The molecule has 1 aromatic heterocycles. The summed E-state index contributed by atoms with van der Waals surface area (Å²) in [4.78, 5) is 0. The maximum atomic E-state index is 11.6. The molecule has 1 heterocycles. The molecule has 0 radical (unpaired) electrons. The fraction of sp³-hybridized carbons (Fsp3) is 0.556. The second-order valence-corrected chi connectivity index (χ2v) is 4.92. The molecule has 0 aliphatic rings. The van der Waals surface area contributed by atoms with Crippen molar-refractivity contribution in [2.75, 3.05) is 20.2 Å². The molecule has 3 N–H and O–H groups in total. The molecule has 0 saturated carbocycles. The number of aliphatic hydroxyl groups excluding tert-OH is 1. The molecule has 0 aliphatic heterocycles. The minimum absolute atomic E-state index is 0.0499. The normalized spacial score (nSPS) is 11.9. The van der Waals surface area contributed by atoms with Gasteiger partial charge in [0, 0.05) is 13.2 Å². The Morgan fingerprint density at radius 3 is 2.81 bits per heavy atom. The van der Waals surface area contributed by atoms with Crippen molar-refractivity contribution in [3.8, 4) is 0 Å². The van der Waals surface area contributed by atoms with Gasteiger partial charge in [-0.05, 0) is 25.6 Å². The smallest absolute Gasteiger partial charge is 0.273 e. The average Bonchev–Trinajstić information content (AvgIpc) is 2.68. The quantitative estimate of drug-likeness (QED) is 0.574. The van der Waals surface area contributed by atoms with E-state index in [0.717, 1.165) is 0 Å². The van der Waals surface area contributed by atoms with Crippen LogP contribution in [-0.2, 0) is 16.6 Å². The van der Waals surface area contributed by atoms with Crippen LogP contribution in [0.25, 0.3) is 0 Å². The molecule has 92 valence electrons. The summed E-state index contributed by atoms with van der Waals surface area (Å²) in [6.45, 7) is 0.624. The van der Waals surface area contributed by atoms with Gasteiger partial charge in [0.2, 0.25) is 5.09 Å². The van der Waals surface area contributed by atoms with E-state index in [-0.39, 0.29) is 18.2 Å². The van der Waals surface area contributed by atoms with Gasteiger partial charge in [-0.1, -0.05) is 0 Å². The Morgan fingerprint density at radius 2 is 2.19 bits per heavy atom. The van der Waals surface area contributed by atoms with Gasteiger partial charge in [0.05, 0.1) is 6.54 Å². The summed E-state index contributed by atoms with van der Waals surface area (Å²) in [5.74, 6) is 0.560. The van der Waals surface area contributed by atoms with E-state index in [2.05, 4.69) is 10.0 Å². The molecule has 0 atom stereocenters. The molecular formula is C9H16N2O4S. The molecule has 0 fully saturated rings. The van der Waals surface area contributed by atoms with Gasteiger partial charge in [-0.2, -0.15) is 0 Å². The van der Waals surface area contributed by atoms with E-state index in [1.807, 2.05) is 0 Å². The Kier molecular flexibility index (Phi) is 4.94. The highest BCUT2D eigenvalue weighted by molar-refractivity contribution is 7.89. The van der Waals surface area contributed by atoms with Crippen LogP contribution in [0.2, 0.25) is 0 Å². The van der Waals surface area contributed by atoms with E-state index in [4.69, 9.17) is 9.52 Å². The van der Waals surface area contributed by atoms with E-state index in [9.17, 15) is 8.42 Å². The van der Waals surface area contributed by atoms with Gasteiger partial charge in [0.15, 0.2) is 0 Å². The first-order chi connectivity index (χ1) is 7.60. The average molecular weight is 248 g/mol. The van der Waals surface area contributed by atoms with Gasteiger partial charge >= 0.3 is 0 Å². The molecule has 7 heteroatoms. The van der Waals surface area contributed by atoms with Crippen LogP contribution in [-0.4, -0.2) is 33.7 Å². The highest BCUT2D eigenvalue weighted by Crippen LogP contribution is 2.13. The maximum absolute atomic E-state index is 11.6. The second-order valence-electron chi connectivity index (χ2n) is 3.23. The molecule has 0 saturated heterocycles. The zero-order chi connectivity index (χ0) is 12.0. The number of furan rings is 1. The summed E-state index contributed by atoms with van der Waals surface area (Å²) in [6.07, 6.45) is 0.378. The lowest BCUT2D eigenvalue weighted by atomic mass is 10.4. The zero-order valence-electron chi connectivity index (χ0n) is 9.06. The number of aliphatic hydroxyl groups is 1. The summed E-state index contributed by atoms with van der Waals surface area (Å²) >= 11 is 0. The standard InChI is InChI=1S/C9H16N2O4S/c1-10-7-8-3-4-9(15-8)16(13,14)11-5-2-6-12/h3-4,10-12H,2,5-7H2,1H3. The van der Waals surface area contributed by atoms with E-state index < -0.39 is 10.0 Å². The van der Waals surface area contributed by atoms with E-state index >= 15 is 0 Å². The van der Waals surface area contributed by atoms with Crippen molar-refractivity contribution in [3.63, 3.8) is 0 Å². The molecule has 0 bridgehead atoms. The predicted octanol–water partition coefficient (Wildman–Crippen LogP) is -0.340. The van der Waals surface area contributed by atoms with Gasteiger partial charge in [0.1, 0.15) is 5.76 Å². The molecule has 0 unspecified atom stereocenters. The minimum Gasteiger partial charge on any atom is -0.447 e. The Morgan fingerprint density at radius 1 is 1.44 bits per heavy atom. The second kappa shape index (κ2) is 6.00. The molecule has 1 aromatic rings. The summed E-state index contributed by atoms with van der Waals surface area (Å²) in [6, 6.07) is 3.02. The number of hydrogen-bond donors (Lipinski definition) is 3. The summed E-state index contributed by atoms with van der Waals surface area (Å²) in [5, 5.41) is 11.3. The SMILES string of the molecule is CNCc1ccc(S(=O)(=O)NCCCO)o1. The minimum atomic E-state index is -3.59. The van der Waals surface area contributed by atoms with Crippen molar-refractivity contribution < 1.29 is 17.9 Å². The largest absolute Gasteiger partial charge is 0.447 e. The van der Waals surface area contributed by atoms with E-state index in [1.165, 1.54) is 6.07 Å². The van der Waals surface area contributed by atoms with Crippen molar-refractivity contribution in [1.29, 1.82) is 0 Å². The maximum Gasteiger partial charge on any atom is 0.273 e. The van der Waals surface area contributed by atoms with Crippen LogP contribution in [0.15, 0.2) is 21.6 Å². The van der Waals surface area contributed by atoms with E-state index in [1.54, 1.807) is 13.1 Å². The van der Waals surface area contributed by atoms with Crippen LogP contribution in [0.5, 0.6) is 0 Å². The zero-order valence-corrected chi connectivity index (χ0v) is 9.88. The molecule has 0 spiro atoms. The van der Waals surface area contributed by atoms with Crippen molar-refractivity contribution in [1.82, 2.24) is 10.0 Å². The number of nitrogens with one attached hydrogen (secondary N) is 2. The Bertz CT molecular complexity index is 413. The van der Waals surface area contributed by atoms with Gasteiger partial charge < -0.3 is 14.8 Å². The number of sulfonamides is 1. The summed E-state index contributed by atoms with van der Waals surface area (Å²) in [7, 11) is -1.84. The highest BCUT2D eigenvalue weighted by Gasteiger charge is 2.17. The van der Waals surface area contributed by atoms with Crippen LogP contribution < -0.4 is 10.0 Å². The molecule has 16 heavy (non-hydrogen) atoms. The van der Waals surface area contributed by atoms with Crippen LogP contribution in [0.3, 0.4) is 0 Å². The molecular weight excluding hydrogens is 232 g/mol. The summed E-state index contributed by atoms with van der Waals surface area (Å²) in [5.41, 5.74) is 0. The summed E-state index contributed by atoms with van der Waals surface area (Å²) < 4.78 is 30.7. The first kappa shape index (κ1) is 13.2. The van der Waals surface area contributed by atoms with Crippen molar-refractivity contribution in [2.45, 2.75) is 18.1 Å². The van der Waals surface area contributed by atoms with Crippen LogP contribution in [0.1, 0.15) is 12.2 Å². The van der Waals surface area contributed by atoms with Gasteiger partial charge in [-0.25, -0.2) is 13.1 Å². The van der Waals surface area contributed by atoms with Crippen LogP contribution >= 0.6 is 0 Å². The van der Waals surface area contributed by atoms with Crippen molar-refractivity contribution >= 4 is 10.0 Å². The molecule has 0 aliphatic carbocycles. The highest BCUT2D eigenvalue weighted by atomic mass is 32.2. The van der Waals surface area contributed by atoms with Crippen LogP contribution in [0, 0.1) is 0 Å². The fourth-order valence-corrected chi connectivity index (χ4v) is 2.15. The van der Waals surface area contributed by atoms with Gasteiger partial charge in [-0.3, -0.25) is 0 Å². The third kappa shape index (κ3) is 3.60. The van der Waals surface area contributed by atoms with Crippen molar-refractivity contribution in [2.24, 2.45) is 0 Å². The number of hydrogen-bond acceptors (Lipinski definition) is 5. The Labute approximate surface area is 94.7 Å². The Balaban J connectivity index is 2.66. The first-order valence-corrected chi connectivity index (χ1v) is 6.42. The predicted molar refractivity (Wildman–Crippen MR) is 58.4 cm³/mol. The van der Waals surface area contributed by atoms with E-state index in [0.29, 0.717) is 18.7 Å². The monoisotopic (exact) mass is 248 g/mol. The van der Waals surface area contributed by atoms with Gasteiger partial charge in [-0.15, -0.1) is 0 Å². The molecule has 1 rings (SSSR count). The van der Waals surface area contributed by atoms with Crippen molar-refractivity contribution in [3.05, 3.63) is 17.9 Å². The van der Waals surface area contributed by atoms with Crippen LogP contribution in [0.4, 0.5) is 0 Å². The fourth-order valence-electron chi connectivity index (χ4n) is 1.13. The molecule has 6 nitrogen and oxygen atoms in total. The lowest BCUT2D eigenvalue weighted by molar-refractivity contribution is 0.289. The topological polar surface area (TPSA) is 91.6 Å². The van der Waals surface area contributed by atoms with Gasteiger partial charge in [0.25, 0.3) is 10.0 Å². The Hall–Kier alpha value is -0.890. The molecule has 0 amide bonds. The molecule has 0 aromatic carbocycles. The number of rotatable bonds is 7. The third-order valence-corrected chi connectivity index (χ3v) is 3.21. The lowest BCUT2D eigenvalue weighted by Crippen LogP contribution is -2.24. The third-order valence-electron chi connectivity index (χ3n) is 1.88.